The number of hydrogen-bond acceptors (Lipinski definition) is 6. The molecule has 2 aliphatic heterocycles. The molecule has 0 radical (unpaired) electrons. The largest absolute Gasteiger partial charge is 0.457 e. The predicted molar refractivity (Wildman–Crippen MR) is 70.8 cm³/mol. The Bertz CT molecular complexity index is 434. The second-order valence-electron chi connectivity index (χ2n) is 4.84. The fourth-order valence-electron chi connectivity index (χ4n) is 2.36. The maximum absolute atomic E-state index is 5.95. The highest BCUT2D eigenvalue weighted by Crippen LogP contribution is 2.20. The van der Waals surface area contributed by atoms with Gasteiger partial charge in [0, 0.05) is 19.5 Å². The standard InChI is InChI=1S/C12H17ClN4O2/c13-10-14-11(17-5-2-1-3-6-17)16-12(15-10)19-9-4-7-18-8-9/h9H,1-8H2. The third kappa shape index (κ3) is 3.25. The normalized spacial score (nSPS) is 23.6. The first-order valence-electron chi connectivity index (χ1n) is 6.72. The number of rotatable bonds is 3. The van der Waals surface area contributed by atoms with Crippen LogP contribution in [0.4, 0.5) is 5.95 Å². The summed E-state index contributed by atoms with van der Waals surface area (Å²) in [7, 11) is 0. The van der Waals surface area contributed by atoms with Crippen molar-refractivity contribution < 1.29 is 9.47 Å². The molecule has 0 spiro atoms. The van der Waals surface area contributed by atoms with E-state index in [-0.39, 0.29) is 11.4 Å². The van der Waals surface area contributed by atoms with Crippen LogP contribution in [0.5, 0.6) is 6.01 Å². The highest BCUT2D eigenvalue weighted by Gasteiger charge is 2.21. The average molecular weight is 285 g/mol. The highest BCUT2D eigenvalue weighted by atomic mass is 35.5. The van der Waals surface area contributed by atoms with Gasteiger partial charge in [-0.1, -0.05) is 0 Å². The molecule has 7 heteroatoms. The monoisotopic (exact) mass is 284 g/mol. The number of hydrogen-bond donors (Lipinski definition) is 0. The Balaban J connectivity index is 1.74. The van der Waals surface area contributed by atoms with E-state index in [2.05, 4.69) is 19.9 Å². The van der Waals surface area contributed by atoms with Crippen LogP contribution < -0.4 is 9.64 Å². The van der Waals surface area contributed by atoms with Gasteiger partial charge >= 0.3 is 6.01 Å². The van der Waals surface area contributed by atoms with Crippen molar-refractivity contribution in [3.8, 4) is 6.01 Å². The summed E-state index contributed by atoms with van der Waals surface area (Å²) in [6, 6.07) is 0.302. The zero-order valence-corrected chi connectivity index (χ0v) is 11.5. The number of nitrogens with zero attached hydrogens (tertiary/aromatic N) is 4. The minimum absolute atomic E-state index is 0.0210. The lowest BCUT2D eigenvalue weighted by molar-refractivity contribution is 0.134. The van der Waals surface area contributed by atoms with E-state index in [1.807, 2.05) is 0 Å². The number of anilines is 1. The first-order chi connectivity index (χ1) is 9.31. The Hall–Kier alpha value is -1.14. The van der Waals surface area contributed by atoms with E-state index >= 15 is 0 Å². The summed E-state index contributed by atoms with van der Waals surface area (Å²) >= 11 is 5.95. The number of aromatic nitrogens is 3. The first-order valence-corrected chi connectivity index (χ1v) is 7.10. The molecule has 104 valence electrons. The van der Waals surface area contributed by atoms with Crippen LogP contribution in [0.2, 0.25) is 5.28 Å². The molecule has 19 heavy (non-hydrogen) atoms. The zero-order chi connectivity index (χ0) is 13.1. The molecule has 3 heterocycles. The maximum Gasteiger partial charge on any atom is 0.322 e. The van der Waals surface area contributed by atoms with Crippen LogP contribution in [-0.4, -0.2) is 47.4 Å². The Morgan fingerprint density at radius 3 is 2.74 bits per heavy atom. The molecule has 0 bridgehead atoms. The van der Waals surface area contributed by atoms with Gasteiger partial charge in [0.25, 0.3) is 0 Å². The van der Waals surface area contributed by atoms with Crippen molar-refractivity contribution in [3.05, 3.63) is 5.28 Å². The molecule has 0 aliphatic carbocycles. The van der Waals surface area contributed by atoms with Crippen LogP contribution in [0.3, 0.4) is 0 Å². The van der Waals surface area contributed by atoms with Crippen molar-refractivity contribution in [2.24, 2.45) is 0 Å². The molecule has 2 aliphatic rings. The molecule has 2 saturated heterocycles. The molecule has 0 N–H and O–H groups in total. The van der Waals surface area contributed by atoms with Gasteiger partial charge in [0.05, 0.1) is 13.2 Å². The fourth-order valence-corrected chi connectivity index (χ4v) is 2.51. The summed E-state index contributed by atoms with van der Waals surface area (Å²) in [4.78, 5) is 14.7. The van der Waals surface area contributed by atoms with Gasteiger partial charge in [-0.25, -0.2) is 0 Å². The van der Waals surface area contributed by atoms with Gasteiger partial charge in [0.15, 0.2) is 0 Å². The van der Waals surface area contributed by atoms with Crippen molar-refractivity contribution in [1.29, 1.82) is 0 Å². The first kappa shape index (κ1) is 12.9. The zero-order valence-electron chi connectivity index (χ0n) is 10.7. The van der Waals surface area contributed by atoms with E-state index < -0.39 is 0 Å². The van der Waals surface area contributed by atoms with E-state index in [9.17, 15) is 0 Å². The van der Waals surface area contributed by atoms with E-state index in [4.69, 9.17) is 21.1 Å². The maximum atomic E-state index is 5.95. The molecule has 0 amide bonds. The van der Waals surface area contributed by atoms with E-state index in [1.165, 1.54) is 6.42 Å². The van der Waals surface area contributed by atoms with Crippen LogP contribution in [-0.2, 0) is 4.74 Å². The van der Waals surface area contributed by atoms with Gasteiger partial charge in [-0.2, -0.15) is 15.0 Å². The molecule has 2 fully saturated rings. The molecule has 1 unspecified atom stereocenters. The van der Waals surface area contributed by atoms with Gasteiger partial charge in [-0.05, 0) is 30.9 Å². The van der Waals surface area contributed by atoms with E-state index in [0.717, 1.165) is 39.0 Å². The quantitative estimate of drug-likeness (QED) is 0.842. The van der Waals surface area contributed by atoms with Crippen molar-refractivity contribution in [3.63, 3.8) is 0 Å². The highest BCUT2D eigenvalue weighted by molar-refractivity contribution is 6.28. The van der Waals surface area contributed by atoms with Crippen molar-refractivity contribution >= 4 is 17.5 Å². The van der Waals surface area contributed by atoms with Crippen LogP contribution in [0.15, 0.2) is 0 Å². The van der Waals surface area contributed by atoms with Crippen LogP contribution in [0, 0.1) is 0 Å². The van der Waals surface area contributed by atoms with Gasteiger partial charge in [-0.15, -0.1) is 0 Å². The van der Waals surface area contributed by atoms with Crippen molar-refractivity contribution in [2.75, 3.05) is 31.2 Å². The van der Waals surface area contributed by atoms with Crippen molar-refractivity contribution in [2.45, 2.75) is 31.8 Å². The summed E-state index contributed by atoms with van der Waals surface area (Å²) < 4.78 is 11.0. The summed E-state index contributed by atoms with van der Waals surface area (Å²) in [6.45, 7) is 3.24. The molecule has 1 aromatic heterocycles. The summed E-state index contributed by atoms with van der Waals surface area (Å²) in [6.07, 6.45) is 4.47. The lowest BCUT2D eigenvalue weighted by atomic mass is 10.1. The molecule has 3 rings (SSSR count). The third-order valence-electron chi connectivity index (χ3n) is 3.37. The topological polar surface area (TPSA) is 60.4 Å². The molecular weight excluding hydrogens is 268 g/mol. The second-order valence-corrected chi connectivity index (χ2v) is 5.18. The molecule has 0 aromatic carbocycles. The van der Waals surface area contributed by atoms with E-state index in [1.54, 1.807) is 0 Å². The summed E-state index contributed by atoms with van der Waals surface area (Å²) in [5, 5.41) is 0.185. The lowest BCUT2D eigenvalue weighted by Crippen LogP contribution is -2.31. The smallest absolute Gasteiger partial charge is 0.322 e. The lowest BCUT2D eigenvalue weighted by Gasteiger charge is -2.26. The summed E-state index contributed by atoms with van der Waals surface area (Å²) in [5.41, 5.74) is 0. The third-order valence-corrected chi connectivity index (χ3v) is 3.54. The van der Waals surface area contributed by atoms with Gasteiger partial charge in [0.1, 0.15) is 6.10 Å². The molecule has 6 nitrogen and oxygen atoms in total. The number of halogens is 1. The van der Waals surface area contributed by atoms with Gasteiger partial charge in [0.2, 0.25) is 11.2 Å². The van der Waals surface area contributed by atoms with Crippen molar-refractivity contribution in [1.82, 2.24) is 15.0 Å². The number of piperidine rings is 1. The van der Waals surface area contributed by atoms with Gasteiger partial charge < -0.3 is 14.4 Å². The van der Waals surface area contributed by atoms with Crippen LogP contribution in [0.25, 0.3) is 0 Å². The predicted octanol–water partition coefficient (Wildman–Crippen LogP) is 1.68. The fraction of sp³-hybridized carbons (Fsp3) is 0.750. The molecule has 1 atom stereocenters. The average Bonchev–Trinajstić information content (AvgIpc) is 2.92. The Kier molecular flexibility index (Phi) is 3.98. The second kappa shape index (κ2) is 5.88. The molecule has 0 saturated carbocycles. The Labute approximate surface area is 117 Å². The summed E-state index contributed by atoms with van der Waals surface area (Å²) in [5.74, 6) is 0.619. The Morgan fingerprint density at radius 1 is 1.16 bits per heavy atom. The van der Waals surface area contributed by atoms with Crippen LogP contribution in [0.1, 0.15) is 25.7 Å². The molecular formula is C12H17ClN4O2. The van der Waals surface area contributed by atoms with Crippen LogP contribution >= 0.6 is 11.6 Å². The molecule has 1 aromatic rings. The Morgan fingerprint density at radius 2 is 2.00 bits per heavy atom. The minimum Gasteiger partial charge on any atom is -0.457 e. The SMILES string of the molecule is Clc1nc(OC2CCOC2)nc(N2CCCCC2)n1. The minimum atomic E-state index is 0.0210. The van der Waals surface area contributed by atoms with Gasteiger partial charge in [-0.3, -0.25) is 0 Å². The number of ether oxygens (including phenoxy) is 2. The van der Waals surface area contributed by atoms with E-state index in [0.29, 0.717) is 18.6 Å².